The van der Waals surface area contributed by atoms with Crippen LogP contribution < -0.4 is 5.32 Å². The molecular formula is C17H31N3O5. The average molecular weight is 360 g/mol. The van der Waals surface area contributed by atoms with Crippen molar-refractivity contribution in [3.8, 4) is 0 Å². The maximum atomic E-state index is 12.2. The highest BCUT2D eigenvalue weighted by atomic mass is 16.5. The number of nitrogens with one attached hydrogen (secondary N) is 1. The molecule has 1 unspecified atom stereocenters. The average Bonchev–Trinajstić information content (AvgIpc) is 2.61. The fourth-order valence-corrected chi connectivity index (χ4v) is 2.69. The third-order valence-electron chi connectivity index (χ3n) is 4.18. The predicted octanol–water partition coefficient (Wildman–Crippen LogP) is 2.51. The standard InChI is InChI=1S/C17H31N3O5/c1-3-14-10-8-6-4-5-7-9-11-15(21)18-16(20(24)17(22)23)19(2)12-13-25-14/h14H,3-13H2,1-2H3,(H,18,21)(H,22,23)/b20-16-/i2D3. The van der Waals surface area contributed by atoms with Crippen LogP contribution in [0.25, 0.3) is 0 Å². The number of nitrogens with zero attached hydrogens (tertiary/aromatic N) is 2. The number of carbonyl (C=O) groups excluding carboxylic acids is 1. The Morgan fingerprint density at radius 2 is 2.08 bits per heavy atom. The van der Waals surface area contributed by atoms with Crippen LogP contribution in [-0.4, -0.2) is 58.9 Å². The van der Waals surface area contributed by atoms with E-state index in [0.29, 0.717) is 11.3 Å². The Hall–Kier alpha value is -1.83. The highest BCUT2D eigenvalue weighted by Gasteiger charge is 2.22. The third-order valence-corrected chi connectivity index (χ3v) is 4.18. The van der Waals surface area contributed by atoms with Crippen molar-refractivity contribution >= 4 is 18.0 Å². The van der Waals surface area contributed by atoms with Gasteiger partial charge in [-0.05, 0) is 19.3 Å². The summed E-state index contributed by atoms with van der Waals surface area (Å²) in [4.78, 5) is 23.9. The molecule has 1 heterocycles. The molecular weight excluding hydrogens is 326 g/mol. The Labute approximate surface area is 153 Å². The van der Waals surface area contributed by atoms with Gasteiger partial charge in [0, 0.05) is 6.42 Å². The fourth-order valence-electron chi connectivity index (χ4n) is 2.69. The SMILES string of the molecule is [2H]C([2H])([2H])N1CCOC(CC)CCCCCCCCC(=O)N/C1=[N+](/[O-])C(=O)O. The van der Waals surface area contributed by atoms with Crippen LogP contribution in [0, 0.1) is 5.21 Å². The monoisotopic (exact) mass is 360 g/mol. The van der Waals surface area contributed by atoms with Crippen LogP contribution in [0.4, 0.5) is 4.79 Å². The topological polar surface area (TPSA) is 105 Å². The van der Waals surface area contributed by atoms with Crippen LogP contribution in [-0.2, 0) is 9.53 Å². The molecule has 0 aromatic heterocycles. The molecule has 1 aliphatic rings. The Morgan fingerprint density at radius 1 is 1.40 bits per heavy atom. The molecule has 1 aliphatic heterocycles. The summed E-state index contributed by atoms with van der Waals surface area (Å²) in [5.74, 6) is -1.41. The number of likely N-dealkylation sites (N-methyl/N-ethyl adjacent to an activating group) is 1. The van der Waals surface area contributed by atoms with E-state index in [0.717, 1.165) is 44.9 Å². The normalized spacial score (nSPS) is 26.8. The van der Waals surface area contributed by atoms with Crippen molar-refractivity contribution in [2.45, 2.75) is 70.8 Å². The van der Waals surface area contributed by atoms with Gasteiger partial charge in [-0.15, -0.1) is 0 Å². The summed E-state index contributed by atoms with van der Waals surface area (Å²) >= 11 is 0. The second kappa shape index (κ2) is 11.7. The van der Waals surface area contributed by atoms with Gasteiger partial charge in [-0.2, -0.15) is 4.74 Å². The zero-order valence-corrected chi connectivity index (χ0v) is 14.8. The summed E-state index contributed by atoms with van der Waals surface area (Å²) in [6.07, 6.45) is 5.31. The predicted molar refractivity (Wildman–Crippen MR) is 94.4 cm³/mol. The lowest BCUT2D eigenvalue weighted by Gasteiger charge is -2.21. The Bertz CT molecular complexity index is 555. The van der Waals surface area contributed by atoms with E-state index in [2.05, 4.69) is 5.32 Å². The van der Waals surface area contributed by atoms with Crippen molar-refractivity contribution in [1.29, 1.82) is 0 Å². The van der Waals surface area contributed by atoms with E-state index in [1.54, 1.807) is 0 Å². The summed E-state index contributed by atoms with van der Waals surface area (Å²) in [6, 6.07) is 0. The Balaban J connectivity index is 3.08. The van der Waals surface area contributed by atoms with Crippen LogP contribution in [0.1, 0.15) is 68.8 Å². The van der Waals surface area contributed by atoms with Crippen molar-refractivity contribution in [3.63, 3.8) is 0 Å². The van der Waals surface area contributed by atoms with Crippen LogP contribution in [0.2, 0.25) is 0 Å². The Kier molecular flexibility index (Phi) is 7.77. The number of hydrogen-bond donors (Lipinski definition) is 2. The number of hydrogen-bond acceptors (Lipinski definition) is 4. The number of rotatable bonds is 1. The van der Waals surface area contributed by atoms with Gasteiger partial charge in [-0.25, -0.2) is 10.1 Å². The van der Waals surface area contributed by atoms with Gasteiger partial charge in [0.2, 0.25) is 0 Å². The van der Waals surface area contributed by atoms with Crippen LogP contribution in [0.5, 0.6) is 0 Å². The molecule has 0 spiro atoms. The summed E-state index contributed by atoms with van der Waals surface area (Å²) in [6.45, 7) is -1.11. The van der Waals surface area contributed by atoms with Crippen LogP contribution in [0.3, 0.4) is 0 Å². The summed E-state index contributed by atoms with van der Waals surface area (Å²) < 4.78 is 28.2. The van der Waals surface area contributed by atoms with E-state index in [1.807, 2.05) is 6.92 Å². The van der Waals surface area contributed by atoms with Gasteiger partial charge >= 0.3 is 12.1 Å². The van der Waals surface area contributed by atoms with Crippen molar-refractivity contribution in [1.82, 2.24) is 10.2 Å². The second-order valence-corrected chi connectivity index (χ2v) is 6.16. The molecule has 25 heavy (non-hydrogen) atoms. The van der Waals surface area contributed by atoms with E-state index in [4.69, 9.17) is 14.0 Å². The van der Waals surface area contributed by atoms with Gasteiger partial charge in [0.15, 0.2) is 0 Å². The molecule has 144 valence electrons. The number of amides is 2. The molecule has 0 aromatic carbocycles. The lowest BCUT2D eigenvalue weighted by atomic mass is 10.0. The van der Waals surface area contributed by atoms with E-state index in [1.165, 1.54) is 0 Å². The fraction of sp³-hybridized carbons (Fsp3) is 0.824. The van der Waals surface area contributed by atoms with E-state index < -0.39 is 29.7 Å². The first-order chi connectivity index (χ1) is 13.2. The lowest BCUT2D eigenvalue weighted by molar-refractivity contribution is -0.378. The highest BCUT2D eigenvalue weighted by Crippen LogP contribution is 2.13. The van der Waals surface area contributed by atoms with Gasteiger partial charge in [-0.1, -0.05) is 39.0 Å². The minimum absolute atomic E-state index is 0.0102. The minimum Gasteiger partial charge on any atom is -0.735 e. The second-order valence-electron chi connectivity index (χ2n) is 6.16. The largest absolute Gasteiger partial charge is 0.735 e. The molecule has 0 radical (unpaired) electrons. The van der Waals surface area contributed by atoms with E-state index in [9.17, 15) is 14.8 Å². The minimum atomic E-state index is -2.82. The quantitative estimate of drug-likeness (QED) is 0.423. The first-order valence-corrected chi connectivity index (χ1v) is 8.93. The first kappa shape index (κ1) is 16.6. The Morgan fingerprint density at radius 3 is 2.72 bits per heavy atom. The van der Waals surface area contributed by atoms with Crippen molar-refractivity contribution in [2.75, 3.05) is 20.1 Å². The molecule has 2 amide bonds. The van der Waals surface area contributed by atoms with Gasteiger partial charge in [0.05, 0.1) is 30.3 Å². The maximum absolute atomic E-state index is 12.2. The number of guanidine groups is 1. The van der Waals surface area contributed by atoms with E-state index in [-0.39, 0.29) is 25.7 Å². The molecule has 0 aliphatic carbocycles. The summed E-state index contributed by atoms with van der Waals surface area (Å²) in [7, 11) is 0. The number of hydroxylamine groups is 1. The molecule has 1 saturated heterocycles. The molecule has 8 nitrogen and oxygen atoms in total. The summed E-state index contributed by atoms with van der Waals surface area (Å²) in [5.41, 5.74) is 0. The molecule has 1 rings (SSSR count). The van der Waals surface area contributed by atoms with Crippen molar-refractivity contribution in [3.05, 3.63) is 5.21 Å². The van der Waals surface area contributed by atoms with Gasteiger partial charge in [0.1, 0.15) is 0 Å². The molecule has 0 aromatic rings. The van der Waals surface area contributed by atoms with E-state index >= 15 is 0 Å². The zero-order valence-electron chi connectivity index (χ0n) is 17.8. The van der Waals surface area contributed by atoms with Gasteiger partial charge in [0.25, 0.3) is 5.91 Å². The molecule has 0 saturated carbocycles. The molecule has 8 heteroatoms. The van der Waals surface area contributed by atoms with Crippen LogP contribution in [0.15, 0.2) is 0 Å². The number of carboxylic acid groups (broad SMARTS) is 1. The van der Waals surface area contributed by atoms with Crippen molar-refractivity contribution < 1.29 is 28.3 Å². The highest BCUT2D eigenvalue weighted by molar-refractivity contribution is 5.95. The van der Waals surface area contributed by atoms with Crippen LogP contribution >= 0.6 is 0 Å². The molecule has 0 bridgehead atoms. The molecule has 1 atom stereocenters. The molecule has 2 N–H and O–H groups in total. The molecule has 1 fully saturated rings. The smallest absolute Gasteiger partial charge is 0.476 e. The third kappa shape index (κ3) is 8.20. The number of carbonyl (C=O) groups is 2. The summed E-state index contributed by atoms with van der Waals surface area (Å²) in [5, 5.41) is 23.2. The zero-order chi connectivity index (χ0) is 21.2. The van der Waals surface area contributed by atoms with Crippen molar-refractivity contribution in [2.24, 2.45) is 0 Å². The lowest BCUT2D eigenvalue weighted by Crippen LogP contribution is -2.49. The first-order valence-electron chi connectivity index (χ1n) is 10.4. The number of ether oxygens (including phenoxy) is 1. The van der Waals surface area contributed by atoms with Gasteiger partial charge < -0.3 is 15.1 Å². The maximum Gasteiger partial charge on any atom is 0.476 e. The van der Waals surface area contributed by atoms with Gasteiger partial charge in [-0.3, -0.25) is 9.69 Å².